The van der Waals surface area contributed by atoms with E-state index in [2.05, 4.69) is 85.2 Å². The van der Waals surface area contributed by atoms with Gasteiger partial charge in [-0.3, -0.25) is 0 Å². The number of hydrogen-bond donors (Lipinski definition) is 0. The smallest absolute Gasteiger partial charge is 0.122 e. The molecule has 0 aliphatic carbocycles. The summed E-state index contributed by atoms with van der Waals surface area (Å²) in [6.07, 6.45) is 1.72. The Kier molecular flexibility index (Phi) is 6.04. The second-order valence-corrected chi connectivity index (χ2v) is 6.72. The van der Waals surface area contributed by atoms with E-state index >= 15 is 0 Å². The molecule has 130 valence electrons. The van der Waals surface area contributed by atoms with E-state index in [1.807, 2.05) is 12.1 Å². The summed E-state index contributed by atoms with van der Waals surface area (Å²) in [4.78, 5) is 4.60. The Bertz CT molecular complexity index is 911. The van der Waals surface area contributed by atoms with Crippen molar-refractivity contribution in [3.05, 3.63) is 107 Å². The average Bonchev–Trinajstić information content (AvgIpc) is 2.66. The first-order valence-corrected chi connectivity index (χ1v) is 9.14. The molecule has 0 spiro atoms. The number of hydrogen-bond acceptors (Lipinski definition) is 1. The van der Waals surface area contributed by atoms with Crippen LogP contribution in [-0.4, -0.2) is 5.71 Å². The van der Waals surface area contributed by atoms with Crippen LogP contribution in [0.3, 0.4) is 0 Å². The minimum absolute atomic E-state index is 0.315. The number of aryl methyl sites for hydroxylation is 2. The van der Waals surface area contributed by atoms with Gasteiger partial charge >= 0.3 is 0 Å². The summed E-state index contributed by atoms with van der Waals surface area (Å²) < 4.78 is 0. The van der Waals surface area contributed by atoms with Gasteiger partial charge in [0.05, 0.1) is 5.71 Å². The van der Waals surface area contributed by atoms with Crippen molar-refractivity contribution < 1.29 is 0 Å². The molecule has 3 aromatic carbocycles. The molecule has 0 fully saturated rings. The number of halogens is 1. The van der Waals surface area contributed by atoms with Gasteiger partial charge in [0.25, 0.3) is 0 Å². The summed E-state index contributed by atoms with van der Waals surface area (Å²) in [6, 6.07) is 27.2. The van der Waals surface area contributed by atoms with Gasteiger partial charge in [0.2, 0.25) is 0 Å². The van der Waals surface area contributed by atoms with Crippen LogP contribution in [-0.2, 0) is 6.42 Å². The van der Waals surface area contributed by atoms with E-state index in [0.29, 0.717) is 5.16 Å². The fourth-order valence-electron chi connectivity index (χ4n) is 3.20. The Morgan fingerprint density at radius 2 is 1.54 bits per heavy atom. The molecular weight excluding hydrogens is 338 g/mol. The van der Waals surface area contributed by atoms with Gasteiger partial charge in [-0.1, -0.05) is 97.0 Å². The van der Waals surface area contributed by atoms with Crippen molar-refractivity contribution in [3.8, 4) is 11.1 Å². The van der Waals surface area contributed by atoms with E-state index in [0.717, 1.165) is 24.1 Å². The second-order valence-electron chi connectivity index (χ2n) is 6.28. The van der Waals surface area contributed by atoms with Crippen LogP contribution >= 0.6 is 11.6 Å². The van der Waals surface area contributed by atoms with Gasteiger partial charge in [-0.05, 0) is 42.0 Å². The predicted octanol–water partition coefficient (Wildman–Crippen LogP) is 6.79. The highest BCUT2D eigenvalue weighted by molar-refractivity contribution is 6.30. The second kappa shape index (κ2) is 8.64. The lowest BCUT2D eigenvalue weighted by molar-refractivity contribution is 1.03. The third-order valence-electron chi connectivity index (χ3n) is 4.40. The van der Waals surface area contributed by atoms with Crippen molar-refractivity contribution in [1.82, 2.24) is 0 Å². The summed E-state index contributed by atoms with van der Waals surface area (Å²) in [5.74, 6) is 0. The van der Waals surface area contributed by atoms with E-state index < -0.39 is 0 Å². The van der Waals surface area contributed by atoms with Crippen molar-refractivity contribution in [1.29, 1.82) is 0 Å². The molecule has 3 rings (SSSR count). The molecule has 0 amide bonds. The van der Waals surface area contributed by atoms with E-state index in [1.54, 1.807) is 0 Å². The lowest BCUT2D eigenvalue weighted by Crippen LogP contribution is -2.08. The first-order chi connectivity index (χ1) is 12.6. The van der Waals surface area contributed by atoms with Crippen molar-refractivity contribution in [2.45, 2.75) is 19.8 Å². The standard InChI is InChI=1S/C24H22ClN/c1-18-10-9-15-22(21-13-7-4-8-14-21)24(18)23(26-19(2)25)17-16-20-11-5-3-6-12-20/h3-15H,2,16-17H2,1H3. The summed E-state index contributed by atoms with van der Waals surface area (Å²) in [5.41, 5.74) is 6.96. The van der Waals surface area contributed by atoms with Gasteiger partial charge in [0.1, 0.15) is 5.16 Å². The molecule has 0 aliphatic rings. The van der Waals surface area contributed by atoms with E-state index in [-0.39, 0.29) is 0 Å². The monoisotopic (exact) mass is 359 g/mol. The van der Waals surface area contributed by atoms with Crippen LogP contribution in [0.2, 0.25) is 0 Å². The zero-order valence-corrected chi connectivity index (χ0v) is 15.7. The van der Waals surface area contributed by atoms with Gasteiger partial charge < -0.3 is 0 Å². The molecule has 0 radical (unpaired) electrons. The van der Waals surface area contributed by atoms with Crippen LogP contribution in [0.15, 0.2) is 95.6 Å². The van der Waals surface area contributed by atoms with Gasteiger partial charge in [-0.25, -0.2) is 4.99 Å². The Morgan fingerprint density at radius 3 is 2.19 bits per heavy atom. The zero-order chi connectivity index (χ0) is 18.4. The third-order valence-corrected chi connectivity index (χ3v) is 4.48. The summed E-state index contributed by atoms with van der Waals surface area (Å²) in [7, 11) is 0. The summed E-state index contributed by atoms with van der Waals surface area (Å²) >= 11 is 6.07. The minimum Gasteiger partial charge on any atom is -0.241 e. The van der Waals surface area contributed by atoms with Gasteiger partial charge in [0, 0.05) is 5.56 Å². The molecule has 1 nitrogen and oxygen atoms in total. The minimum atomic E-state index is 0.315. The largest absolute Gasteiger partial charge is 0.241 e. The maximum atomic E-state index is 6.07. The van der Waals surface area contributed by atoms with Crippen molar-refractivity contribution >= 4 is 17.3 Å². The zero-order valence-electron chi connectivity index (χ0n) is 15.0. The maximum Gasteiger partial charge on any atom is 0.122 e. The molecule has 0 saturated carbocycles. The third kappa shape index (κ3) is 4.50. The molecule has 0 saturated heterocycles. The number of aliphatic imine (C=N–C) groups is 1. The van der Waals surface area contributed by atoms with Crippen molar-refractivity contribution in [3.63, 3.8) is 0 Å². The van der Waals surface area contributed by atoms with E-state index in [4.69, 9.17) is 11.6 Å². The highest BCUT2D eigenvalue weighted by Crippen LogP contribution is 2.28. The highest BCUT2D eigenvalue weighted by Gasteiger charge is 2.14. The lowest BCUT2D eigenvalue weighted by atomic mass is 9.90. The topological polar surface area (TPSA) is 12.4 Å². The molecule has 2 heteroatoms. The predicted molar refractivity (Wildman–Crippen MR) is 113 cm³/mol. The van der Waals surface area contributed by atoms with Gasteiger partial charge in [-0.2, -0.15) is 0 Å². The van der Waals surface area contributed by atoms with Crippen molar-refractivity contribution in [2.24, 2.45) is 4.99 Å². The lowest BCUT2D eigenvalue weighted by Gasteiger charge is -2.16. The van der Waals surface area contributed by atoms with E-state index in [1.165, 1.54) is 22.3 Å². The fraction of sp³-hybridized carbons (Fsp3) is 0.125. The molecule has 0 aliphatic heterocycles. The van der Waals surface area contributed by atoms with Gasteiger partial charge in [-0.15, -0.1) is 0 Å². The molecule has 0 N–H and O–H groups in total. The quantitative estimate of drug-likeness (QED) is 0.339. The highest BCUT2D eigenvalue weighted by atomic mass is 35.5. The molecule has 0 atom stereocenters. The number of benzene rings is 3. The maximum absolute atomic E-state index is 6.07. The summed E-state index contributed by atoms with van der Waals surface area (Å²) in [6.45, 7) is 5.91. The molecule has 0 aromatic heterocycles. The number of nitrogens with zero attached hydrogens (tertiary/aromatic N) is 1. The number of rotatable bonds is 6. The summed E-state index contributed by atoms with van der Waals surface area (Å²) in [5, 5.41) is 0.315. The first-order valence-electron chi connectivity index (χ1n) is 8.76. The van der Waals surface area contributed by atoms with Crippen LogP contribution < -0.4 is 0 Å². The molecule has 0 heterocycles. The van der Waals surface area contributed by atoms with Crippen molar-refractivity contribution in [2.75, 3.05) is 0 Å². The normalized spacial score (nSPS) is 11.4. The van der Waals surface area contributed by atoms with E-state index in [9.17, 15) is 0 Å². The molecule has 26 heavy (non-hydrogen) atoms. The Balaban J connectivity index is 2.03. The van der Waals surface area contributed by atoms with Gasteiger partial charge in [0.15, 0.2) is 0 Å². The van der Waals surface area contributed by atoms with Crippen LogP contribution in [0.5, 0.6) is 0 Å². The van der Waals surface area contributed by atoms with Crippen LogP contribution in [0.1, 0.15) is 23.1 Å². The van der Waals surface area contributed by atoms with Crippen LogP contribution in [0.25, 0.3) is 11.1 Å². The molecule has 3 aromatic rings. The Labute approximate surface area is 160 Å². The Hall–Kier alpha value is -2.64. The van der Waals surface area contributed by atoms with Crippen LogP contribution in [0, 0.1) is 6.92 Å². The SMILES string of the molecule is C=C(Cl)N=C(CCc1ccccc1)c1c(C)cccc1-c1ccccc1. The molecule has 0 bridgehead atoms. The fourth-order valence-corrected chi connectivity index (χ4v) is 3.30. The van der Waals surface area contributed by atoms with Crippen LogP contribution in [0.4, 0.5) is 0 Å². The molecular formula is C24H22ClN. The molecule has 0 unspecified atom stereocenters. The average molecular weight is 360 g/mol. The Morgan fingerprint density at radius 1 is 0.885 bits per heavy atom. The first kappa shape index (κ1) is 18.2.